The highest BCUT2D eigenvalue weighted by atomic mass is 16.3. The number of aliphatic hydroxyl groups excluding tert-OH is 1. The smallest absolute Gasteiger partial charge is 0.218 e. The maximum absolute atomic E-state index is 10.7. The lowest BCUT2D eigenvalue weighted by Crippen LogP contribution is -2.54. The second-order valence-electron chi connectivity index (χ2n) is 2.90. The van der Waals surface area contributed by atoms with E-state index in [9.17, 15) is 4.79 Å². The van der Waals surface area contributed by atoms with Crippen LogP contribution in [0.15, 0.2) is 24.0 Å². The van der Waals surface area contributed by atoms with Crippen molar-refractivity contribution in [3.8, 4) is 0 Å². The van der Waals surface area contributed by atoms with Gasteiger partial charge in [-0.2, -0.15) is 0 Å². The number of nitrogens with two attached hydrogens (primary N) is 1. The van der Waals surface area contributed by atoms with Crippen molar-refractivity contribution in [1.29, 1.82) is 0 Å². The molecule has 4 N–H and O–H groups in total. The summed E-state index contributed by atoms with van der Waals surface area (Å²) in [4.78, 5) is 10.7. The van der Waals surface area contributed by atoms with Gasteiger partial charge >= 0.3 is 0 Å². The van der Waals surface area contributed by atoms with Gasteiger partial charge in [-0.15, -0.1) is 0 Å². The van der Waals surface area contributed by atoms with Gasteiger partial charge in [0, 0.05) is 13.3 Å². The van der Waals surface area contributed by atoms with Gasteiger partial charge in [0.2, 0.25) is 5.91 Å². The van der Waals surface area contributed by atoms with Gasteiger partial charge in [-0.25, -0.2) is 0 Å². The van der Waals surface area contributed by atoms with Crippen molar-refractivity contribution in [1.82, 2.24) is 5.32 Å². The van der Waals surface area contributed by atoms with E-state index < -0.39 is 5.66 Å². The van der Waals surface area contributed by atoms with Gasteiger partial charge in [-0.3, -0.25) is 4.79 Å². The molecule has 12 heavy (non-hydrogen) atoms. The first kappa shape index (κ1) is 8.80. The third-order valence-electron chi connectivity index (χ3n) is 1.56. The molecule has 1 atom stereocenters. The Morgan fingerprint density at radius 3 is 3.00 bits per heavy atom. The molecule has 0 fully saturated rings. The summed E-state index contributed by atoms with van der Waals surface area (Å²) < 4.78 is 0. The third-order valence-corrected chi connectivity index (χ3v) is 1.56. The molecule has 0 spiro atoms. The first-order chi connectivity index (χ1) is 5.52. The van der Waals surface area contributed by atoms with Crippen LogP contribution in [0.3, 0.4) is 0 Å². The Balaban J connectivity index is 2.73. The van der Waals surface area contributed by atoms with Crippen LogP contribution in [0, 0.1) is 0 Å². The maximum atomic E-state index is 10.7. The first-order valence-electron chi connectivity index (χ1n) is 3.68. The van der Waals surface area contributed by atoms with Crippen molar-refractivity contribution in [3.05, 3.63) is 24.0 Å². The lowest BCUT2D eigenvalue weighted by atomic mass is 10.0. The molecule has 1 aliphatic carbocycles. The summed E-state index contributed by atoms with van der Waals surface area (Å²) in [5.41, 5.74) is 4.80. The molecule has 0 aliphatic heterocycles. The number of hydrogen-bond donors (Lipinski definition) is 3. The number of carbonyl (C=O) groups is 1. The molecular formula is C8H12N2O2. The van der Waals surface area contributed by atoms with E-state index in [1.165, 1.54) is 13.0 Å². The number of aliphatic hydroxyl groups is 1. The van der Waals surface area contributed by atoms with Crippen molar-refractivity contribution in [2.45, 2.75) is 19.0 Å². The van der Waals surface area contributed by atoms with E-state index in [-0.39, 0.29) is 11.7 Å². The van der Waals surface area contributed by atoms with Crippen molar-refractivity contribution in [2.24, 2.45) is 5.73 Å². The highest BCUT2D eigenvalue weighted by Crippen LogP contribution is 2.14. The minimum atomic E-state index is -0.926. The number of rotatable bonds is 1. The van der Waals surface area contributed by atoms with Crippen LogP contribution in [0.5, 0.6) is 0 Å². The normalized spacial score (nSPS) is 28.0. The zero-order valence-electron chi connectivity index (χ0n) is 6.87. The Hall–Kier alpha value is -1.29. The highest BCUT2D eigenvalue weighted by Gasteiger charge is 2.24. The third kappa shape index (κ3) is 2.10. The minimum absolute atomic E-state index is 0.0810. The van der Waals surface area contributed by atoms with E-state index in [2.05, 4.69) is 5.32 Å². The lowest BCUT2D eigenvalue weighted by molar-refractivity contribution is -0.120. The predicted octanol–water partition coefficient (Wildman–Crippen LogP) is 0.179. The Morgan fingerprint density at radius 1 is 1.83 bits per heavy atom. The van der Waals surface area contributed by atoms with E-state index in [1.807, 2.05) is 0 Å². The van der Waals surface area contributed by atoms with Crippen LogP contribution < -0.4 is 11.1 Å². The molecule has 0 bridgehead atoms. The number of allylic oxidation sites excluding steroid dienone is 1. The number of amides is 1. The minimum Gasteiger partial charge on any atom is -0.508 e. The van der Waals surface area contributed by atoms with Crippen LogP contribution in [0.1, 0.15) is 13.3 Å². The van der Waals surface area contributed by atoms with Crippen LogP contribution in [-0.4, -0.2) is 16.7 Å². The molecule has 0 aromatic carbocycles. The Kier molecular flexibility index (Phi) is 2.19. The fraction of sp³-hybridized carbons (Fsp3) is 0.375. The molecule has 0 heterocycles. The summed E-state index contributed by atoms with van der Waals surface area (Å²) in [5.74, 6) is -0.130. The number of carbonyl (C=O) groups excluding carboxylic acids is 1. The Morgan fingerprint density at radius 2 is 2.50 bits per heavy atom. The van der Waals surface area contributed by atoms with Crippen LogP contribution in [-0.2, 0) is 4.79 Å². The summed E-state index contributed by atoms with van der Waals surface area (Å²) in [6, 6.07) is 0. The summed E-state index contributed by atoms with van der Waals surface area (Å²) in [7, 11) is 0. The molecule has 1 rings (SSSR count). The summed E-state index contributed by atoms with van der Waals surface area (Å²) in [6.07, 6.45) is 5.18. The van der Waals surface area contributed by atoms with Gasteiger partial charge < -0.3 is 16.2 Å². The first-order valence-corrected chi connectivity index (χ1v) is 3.68. The fourth-order valence-electron chi connectivity index (χ4n) is 1.16. The predicted molar refractivity (Wildman–Crippen MR) is 45.2 cm³/mol. The van der Waals surface area contributed by atoms with Crippen LogP contribution in [0.2, 0.25) is 0 Å². The molecule has 0 saturated carbocycles. The van der Waals surface area contributed by atoms with E-state index in [4.69, 9.17) is 10.8 Å². The maximum Gasteiger partial charge on any atom is 0.218 e. The lowest BCUT2D eigenvalue weighted by Gasteiger charge is -2.27. The average molecular weight is 168 g/mol. The monoisotopic (exact) mass is 168 g/mol. The summed E-state index contributed by atoms with van der Waals surface area (Å²) >= 11 is 0. The van der Waals surface area contributed by atoms with Crippen molar-refractivity contribution < 1.29 is 9.90 Å². The molecule has 4 heteroatoms. The molecule has 0 radical (unpaired) electrons. The highest BCUT2D eigenvalue weighted by molar-refractivity contribution is 5.74. The van der Waals surface area contributed by atoms with E-state index in [0.717, 1.165) is 0 Å². The largest absolute Gasteiger partial charge is 0.508 e. The van der Waals surface area contributed by atoms with Gasteiger partial charge in [0.05, 0.1) is 0 Å². The quantitative estimate of drug-likeness (QED) is 0.489. The molecular weight excluding hydrogens is 156 g/mol. The SMILES string of the molecule is CC(=O)NC1(N)C=C(O)C=CC1. The van der Waals surface area contributed by atoms with Gasteiger partial charge in [-0.1, -0.05) is 6.08 Å². The second-order valence-corrected chi connectivity index (χ2v) is 2.90. The Bertz CT molecular complexity index is 258. The van der Waals surface area contributed by atoms with Crippen LogP contribution >= 0.6 is 0 Å². The molecule has 0 saturated heterocycles. The van der Waals surface area contributed by atoms with Crippen molar-refractivity contribution in [3.63, 3.8) is 0 Å². The molecule has 1 unspecified atom stereocenters. The standard InChI is InChI=1S/C8H12N2O2/c1-6(11)10-8(9)4-2-3-7(12)5-8/h2-3,5,12H,4,9H2,1H3,(H,10,11). The molecule has 1 aliphatic rings. The molecule has 0 aromatic heterocycles. The number of nitrogens with one attached hydrogen (secondary N) is 1. The molecule has 4 nitrogen and oxygen atoms in total. The van der Waals surface area contributed by atoms with Crippen LogP contribution in [0.25, 0.3) is 0 Å². The van der Waals surface area contributed by atoms with E-state index >= 15 is 0 Å². The van der Waals surface area contributed by atoms with Gasteiger partial charge in [0.15, 0.2) is 0 Å². The van der Waals surface area contributed by atoms with Gasteiger partial charge in [-0.05, 0) is 12.2 Å². The van der Waals surface area contributed by atoms with E-state index in [1.54, 1.807) is 12.2 Å². The molecule has 0 aromatic rings. The molecule has 66 valence electrons. The molecule has 1 amide bonds. The van der Waals surface area contributed by atoms with Gasteiger partial charge in [0.25, 0.3) is 0 Å². The number of hydrogen-bond acceptors (Lipinski definition) is 3. The summed E-state index contributed by atoms with van der Waals surface area (Å²) in [6.45, 7) is 1.39. The van der Waals surface area contributed by atoms with E-state index in [0.29, 0.717) is 6.42 Å². The topological polar surface area (TPSA) is 75.4 Å². The zero-order valence-corrected chi connectivity index (χ0v) is 6.87. The van der Waals surface area contributed by atoms with Gasteiger partial charge in [0.1, 0.15) is 11.4 Å². The van der Waals surface area contributed by atoms with Crippen molar-refractivity contribution in [2.75, 3.05) is 0 Å². The zero-order chi connectivity index (χ0) is 9.19. The van der Waals surface area contributed by atoms with Crippen molar-refractivity contribution >= 4 is 5.91 Å². The Labute approximate surface area is 70.8 Å². The average Bonchev–Trinajstić information content (AvgIpc) is 1.82. The second kappa shape index (κ2) is 2.98. The fourth-order valence-corrected chi connectivity index (χ4v) is 1.16. The summed E-state index contributed by atoms with van der Waals surface area (Å²) in [5, 5.41) is 11.6. The van der Waals surface area contributed by atoms with Crippen LogP contribution in [0.4, 0.5) is 0 Å².